The molecule has 0 N–H and O–H groups in total. The summed E-state index contributed by atoms with van der Waals surface area (Å²) in [7, 11) is 0. The first kappa shape index (κ1) is 9.34. The van der Waals surface area contributed by atoms with E-state index in [0.29, 0.717) is 0 Å². The van der Waals surface area contributed by atoms with E-state index in [1.165, 1.54) is 6.92 Å². The number of hydrogen-bond acceptors (Lipinski definition) is 0. The van der Waals surface area contributed by atoms with E-state index in [-0.39, 0.29) is 0 Å². The Labute approximate surface area is 60.2 Å². The Kier molecular flexibility index (Phi) is 3.93. The van der Waals surface area contributed by atoms with Crippen LogP contribution in [0.25, 0.3) is 0 Å². The van der Waals surface area contributed by atoms with Crippen molar-refractivity contribution in [1.29, 1.82) is 0 Å². The first-order valence-electron chi connectivity index (χ1n) is 3.16. The van der Waals surface area contributed by atoms with Gasteiger partial charge in [-0.3, -0.25) is 0 Å². The van der Waals surface area contributed by atoms with Crippen LogP contribution < -0.4 is 0 Å². The molecule has 0 radical (unpaired) electrons. The molecule has 0 aromatic heterocycles. The van der Waals surface area contributed by atoms with Gasteiger partial charge in [0.25, 0.3) is 0 Å². The lowest BCUT2D eigenvalue weighted by Crippen LogP contribution is -2.19. The summed E-state index contributed by atoms with van der Waals surface area (Å²) in [6.07, 6.45) is -0.373. The van der Waals surface area contributed by atoms with Crippen LogP contribution in [0.4, 0.5) is 8.78 Å². The van der Waals surface area contributed by atoms with Crippen molar-refractivity contribution in [2.45, 2.75) is 19.3 Å². The highest BCUT2D eigenvalue weighted by molar-refractivity contribution is 4.92. The van der Waals surface area contributed by atoms with Crippen LogP contribution in [0.2, 0.25) is 0 Å². The number of hydrogen-bond donors (Lipinski definition) is 0. The van der Waals surface area contributed by atoms with Crippen molar-refractivity contribution in [2.24, 2.45) is 5.92 Å². The molecule has 0 aliphatic rings. The van der Waals surface area contributed by atoms with Crippen LogP contribution in [-0.4, -0.2) is 12.3 Å². The van der Waals surface area contributed by atoms with Crippen molar-refractivity contribution < 1.29 is 8.78 Å². The van der Waals surface area contributed by atoms with Crippen molar-refractivity contribution in [3.8, 4) is 0 Å². The molecule has 0 aromatic rings. The molecule has 0 nitrogen and oxygen atoms in total. The molecule has 0 bridgehead atoms. The molecule has 2 unspecified atom stereocenters. The van der Waals surface area contributed by atoms with Gasteiger partial charge in [-0.05, 0) is 0 Å². The molecule has 2 atom stereocenters. The maximum atomic E-state index is 12.6. The van der Waals surface area contributed by atoms with Crippen molar-refractivity contribution in [2.75, 3.05) is 0 Å². The Hall–Kier alpha value is -0.660. The van der Waals surface area contributed by atoms with E-state index in [4.69, 9.17) is 0 Å². The van der Waals surface area contributed by atoms with Crippen LogP contribution in [-0.2, 0) is 0 Å². The van der Waals surface area contributed by atoms with Crippen molar-refractivity contribution >= 4 is 0 Å². The number of halogens is 2. The smallest absolute Gasteiger partial charge is 0.124 e. The van der Waals surface area contributed by atoms with E-state index in [1.807, 2.05) is 0 Å². The third kappa shape index (κ3) is 2.29. The van der Waals surface area contributed by atoms with E-state index in [2.05, 4.69) is 13.2 Å². The van der Waals surface area contributed by atoms with Gasteiger partial charge in [-0.1, -0.05) is 19.1 Å². The van der Waals surface area contributed by atoms with Crippen LogP contribution in [0.1, 0.15) is 6.92 Å². The van der Waals surface area contributed by atoms with Crippen molar-refractivity contribution in [3.05, 3.63) is 25.3 Å². The molecule has 0 aliphatic heterocycles. The standard InChI is InChI=1S/C8H12F2/c1-4-7(9)6(3)8(10)5-2/h4-8H,1-2H2,3H3. The highest BCUT2D eigenvalue weighted by atomic mass is 19.1. The molecule has 10 heavy (non-hydrogen) atoms. The third-order valence-electron chi connectivity index (χ3n) is 1.45. The van der Waals surface area contributed by atoms with Gasteiger partial charge in [0.15, 0.2) is 0 Å². The van der Waals surface area contributed by atoms with Gasteiger partial charge in [0, 0.05) is 5.92 Å². The van der Waals surface area contributed by atoms with Gasteiger partial charge in [-0.15, -0.1) is 13.2 Å². The van der Waals surface area contributed by atoms with Gasteiger partial charge in [-0.25, -0.2) is 8.78 Å². The zero-order valence-electron chi connectivity index (χ0n) is 6.06. The number of alkyl halides is 2. The first-order valence-corrected chi connectivity index (χ1v) is 3.16. The summed E-state index contributed by atoms with van der Waals surface area (Å²) in [6, 6.07) is 0. The fourth-order valence-corrected chi connectivity index (χ4v) is 0.605. The Morgan fingerprint density at radius 1 is 1.10 bits per heavy atom. The number of allylic oxidation sites excluding steroid dienone is 2. The maximum absolute atomic E-state index is 12.6. The zero-order valence-corrected chi connectivity index (χ0v) is 6.06. The molecule has 0 aliphatic carbocycles. The predicted molar refractivity (Wildman–Crippen MR) is 39.4 cm³/mol. The summed E-state index contributed by atoms with van der Waals surface area (Å²) in [5.74, 6) is -0.671. The van der Waals surface area contributed by atoms with Crippen molar-refractivity contribution in [1.82, 2.24) is 0 Å². The van der Waals surface area contributed by atoms with Gasteiger partial charge in [-0.2, -0.15) is 0 Å². The molecule has 0 saturated heterocycles. The molecule has 0 rings (SSSR count). The highest BCUT2D eigenvalue weighted by Crippen LogP contribution is 2.16. The van der Waals surface area contributed by atoms with Gasteiger partial charge >= 0.3 is 0 Å². The van der Waals surface area contributed by atoms with Crippen LogP contribution >= 0.6 is 0 Å². The van der Waals surface area contributed by atoms with E-state index >= 15 is 0 Å². The Balaban J connectivity index is 3.91. The third-order valence-corrected chi connectivity index (χ3v) is 1.45. The maximum Gasteiger partial charge on any atom is 0.124 e. The lowest BCUT2D eigenvalue weighted by Gasteiger charge is -2.14. The molecule has 0 fully saturated rings. The van der Waals surface area contributed by atoms with E-state index in [1.54, 1.807) is 0 Å². The van der Waals surface area contributed by atoms with Gasteiger partial charge < -0.3 is 0 Å². The van der Waals surface area contributed by atoms with E-state index in [9.17, 15) is 8.78 Å². The summed E-state index contributed by atoms with van der Waals surface area (Å²) in [5, 5.41) is 0. The summed E-state index contributed by atoms with van der Waals surface area (Å²) in [5.41, 5.74) is 0. The Morgan fingerprint density at radius 2 is 1.40 bits per heavy atom. The van der Waals surface area contributed by atoms with E-state index < -0.39 is 18.3 Å². The monoisotopic (exact) mass is 146 g/mol. The van der Waals surface area contributed by atoms with Crippen LogP contribution in [0, 0.1) is 5.92 Å². The molecule has 0 amide bonds. The second-order valence-corrected chi connectivity index (χ2v) is 2.22. The highest BCUT2D eigenvalue weighted by Gasteiger charge is 2.19. The minimum absolute atomic E-state index is 0.671. The molecule has 0 aromatic carbocycles. The molecular formula is C8H12F2. The summed E-state index contributed by atoms with van der Waals surface area (Å²) in [6.45, 7) is 7.93. The average Bonchev–Trinajstić information content (AvgIpc) is 2.00. The lowest BCUT2D eigenvalue weighted by molar-refractivity contribution is 0.202. The van der Waals surface area contributed by atoms with Gasteiger partial charge in [0.1, 0.15) is 12.3 Å². The normalized spacial score (nSPS) is 19.1. The Morgan fingerprint density at radius 3 is 1.60 bits per heavy atom. The molecule has 0 spiro atoms. The molecule has 0 saturated carbocycles. The quantitative estimate of drug-likeness (QED) is 0.535. The summed E-state index contributed by atoms with van der Waals surface area (Å²) >= 11 is 0. The van der Waals surface area contributed by atoms with Crippen LogP contribution in [0.5, 0.6) is 0 Å². The first-order chi connectivity index (χ1) is 4.63. The summed E-state index contributed by atoms with van der Waals surface area (Å²) < 4.78 is 25.1. The second-order valence-electron chi connectivity index (χ2n) is 2.22. The van der Waals surface area contributed by atoms with Gasteiger partial charge in [0.2, 0.25) is 0 Å². The van der Waals surface area contributed by atoms with Gasteiger partial charge in [0.05, 0.1) is 0 Å². The molecule has 0 heterocycles. The van der Waals surface area contributed by atoms with Crippen LogP contribution in [0.15, 0.2) is 25.3 Å². The predicted octanol–water partition coefficient (Wildman–Crippen LogP) is 2.67. The molecule has 58 valence electrons. The minimum Gasteiger partial charge on any atom is -0.243 e. The fourth-order valence-electron chi connectivity index (χ4n) is 0.605. The topological polar surface area (TPSA) is 0 Å². The van der Waals surface area contributed by atoms with Crippen LogP contribution in [0.3, 0.4) is 0 Å². The summed E-state index contributed by atoms with van der Waals surface area (Å²) in [4.78, 5) is 0. The Bertz CT molecular complexity index is 106. The second kappa shape index (κ2) is 4.20. The largest absolute Gasteiger partial charge is 0.243 e. The average molecular weight is 146 g/mol. The lowest BCUT2D eigenvalue weighted by atomic mass is 10.0. The van der Waals surface area contributed by atoms with E-state index in [0.717, 1.165) is 12.2 Å². The number of rotatable bonds is 4. The molecular weight excluding hydrogens is 134 g/mol. The fraction of sp³-hybridized carbons (Fsp3) is 0.500. The SMILES string of the molecule is C=CC(F)C(C)C(F)C=C. The zero-order chi connectivity index (χ0) is 8.15. The van der Waals surface area contributed by atoms with Crippen molar-refractivity contribution in [3.63, 3.8) is 0 Å². The molecule has 2 heteroatoms. The minimum atomic E-state index is -1.28.